The van der Waals surface area contributed by atoms with Crippen LogP contribution < -0.4 is 11.1 Å². The Balaban J connectivity index is 1.73. The number of nitrogens with zero attached hydrogens (tertiary/aromatic N) is 4. The molecule has 29 heavy (non-hydrogen) atoms. The second-order valence-corrected chi connectivity index (χ2v) is 6.73. The Kier molecular flexibility index (Phi) is 4.67. The molecule has 4 aromatic rings. The Labute approximate surface area is 166 Å². The van der Waals surface area contributed by atoms with Crippen molar-refractivity contribution >= 4 is 17.4 Å². The molecule has 146 valence electrons. The lowest BCUT2D eigenvalue weighted by atomic mass is 10.2. The van der Waals surface area contributed by atoms with Crippen molar-refractivity contribution in [2.45, 2.75) is 20.4 Å². The Bertz CT molecular complexity index is 1230. The molecule has 0 unspecified atom stereocenters. The van der Waals surface area contributed by atoms with Gasteiger partial charge in [-0.2, -0.15) is 9.97 Å². The summed E-state index contributed by atoms with van der Waals surface area (Å²) in [4.78, 5) is 25.1. The number of carbonyl (C=O) groups is 1. The molecule has 0 fully saturated rings. The van der Waals surface area contributed by atoms with E-state index in [1.165, 1.54) is 12.1 Å². The fraction of sp³-hybridized carbons (Fsp3) is 0.143. The minimum absolute atomic E-state index is 0.294. The molecule has 0 aliphatic carbocycles. The van der Waals surface area contributed by atoms with Crippen molar-refractivity contribution < 1.29 is 9.18 Å². The van der Waals surface area contributed by atoms with Crippen molar-refractivity contribution in [2.24, 2.45) is 5.73 Å². The van der Waals surface area contributed by atoms with Crippen LogP contribution in [0, 0.1) is 19.7 Å². The van der Waals surface area contributed by atoms with Crippen LogP contribution in [0.3, 0.4) is 0 Å². The molecule has 0 radical (unpaired) electrons. The average molecular weight is 390 g/mol. The highest BCUT2D eigenvalue weighted by molar-refractivity contribution is 6.00. The van der Waals surface area contributed by atoms with Gasteiger partial charge in [-0.3, -0.25) is 4.79 Å². The van der Waals surface area contributed by atoms with E-state index < -0.39 is 5.91 Å². The van der Waals surface area contributed by atoms with E-state index in [1.54, 1.807) is 25.1 Å². The summed E-state index contributed by atoms with van der Waals surface area (Å²) in [5.41, 5.74) is 9.06. The highest BCUT2D eigenvalue weighted by atomic mass is 19.1. The highest BCUT2D eigenvalue weighted by Crippen LogP contribution is 2.27. The number of fused-ring (bicyclic) bond motifs is 1. The van der Waals surface area contributed by atoms with Crippen molar-refractivity contribution in [3.63, 3.8) is 0 Å². The molecule has 0 saturated heterocycles. The monoisotopic (exact) mass is 390 g/mol. The van der Waals surface area contributed by atoms with Crippen LogP contribution in [0.4, 0.5) is 10.3 Å². The molecule has 8 heteroatoms. The number of amides is 1. The SMILES string of the molecule is Cc1nc(NCc2cccc(F)c2)nc(-c2c(C)cc3c(C(N)=O)cccn23)n1. The van der Waals surface area contributed by atoms with Gasteiger partial charge in [-0.25, -0.2) is 9.37 Å². The largest absolute Gasteiger partial charge is 0.366 e. The van der Waals surface area contributed by atoms with E-state index in [0.717, 1.165) is 16.8 Å². The number of hydrogen-bond donors (Lipinski definition) is 2. The maximum Gasteiger partial charge on any atom is 0.250 e. The fourth-order valence-corrected chi connectivity index (χ4v) is 3.31. The zero-order valence-corrected chi connectivity index (χ0v) is 16.0. The van der Waals surface area contributed by atoms with E-state index in [1.807, 2.05) is 29.7 Å². The Morgan fingerprint density at radius 3 is 2.72 bits per heavy atom. The quantitative estimate of drug-likeness (QED) is 0.545. The molecule has 3 N–H and O–H groups in total. The first-order valence-electron chi connectivity index (χ1n) is 9.04. The molecule has 0 atom stereocenters. The average Bonchev–Trinajstić information content (AvgIpc) is 3.01. The molecule has 3 aromatic heterocycles. The molecular formula is C21H19FN6O. The number of aryl methyl sites for hydroxylation is 2. The number of rotatable bonds is 5. The molecule has 1 aromatic carbocycles. The molecule has 1 amide bonds. The van der Waals surface area contributed by atoms with Crippen LogP contribution in [-0.4, -0.2) is 25.3 Å². The smallest absolute Gasteiger partial charge is 0.250 e. The number of nitrogens with two attached hydrogens (primary N) is 1. The Hall–Kier alpha value is -3.81. The first kappa shape index (κ1) is 18.5. The summed E-state index contributed by atoms with van der Waals surface area (Å²) in [5, 5.41) is 3.12. The summed E-state index contributed by atoms with van der Waals surface area (Å²) in [6.45, 7) is 4.07. The van der Waals surface area contributed by atoms with Gasteiger partial charge in [-0.1, -0.05) is 12.1 Å². The van der Waals surface area contributed by atoms with Crippen LogP contribution in [0.1, 0.15) is 27.3 Å². The molecule has 4 rings (SSSR count). The number of aromatic nitrogens is 4. The Morgan fingerprint density at radius 2 is 1.97 bits per heavy atom. The van der Waals surface area contributed by atoms with Crippen LogP contribution in [0.2, 0.25) is 0 Å². The summed E-state index contributed by atoms with van der Waals surface area (Å²) in [6, 6.07) is 11.7. The molecule has 0 spiro atoms. The second-order valence-electron chi connectivity index (χ2n) is 6.73. The summed E-state index contributed by atoms with van der Waals surface area (Å²) < 4.78 is 15.2. The van der Waals surface area contributed by atoms with Gasteiger partial charge in [0.15, 0.2) is 5.82 Å². The number of carbonyl (C=O) groups excluding carboxylic acids is 1. The predicted molar refractivity (Wildman–Crippen MR) is 108 cm³/mol. The van der Waals surface area contributed by atoms with Crippen molar-refractivity contribution in [3.05, 3.63) is 77.0 Å². The maximum atomic E-state index is 13.4. The van der Waals surface area contributed by atoms with Crippen LogP contribution in [0.25, 0.3) is 17.0 Å². The third-order valence-electron chi connectivity index (χ3n) is 4.57. The molecular weight excluding hydrogens is 371 g/mol. The first-order valence-corrected chi connectivity index (χ1v) is 9.04. The lowest BCUT2D eigenvalue weighted by Crippen LogP contribution is -2.12. The number of anilines is 1. The topological polar surface area (TPSA) is 98.2 Å². The number of nitrogens with one attached hydrogen (secondary N) is 1. The van der Waals surface area contributed by atoms with Crippen molar-refractivity contribution in [2.75, 3.05) is 5.32 Å². The van der Waals surface area contributed by atoms with Gasteiger partial charge < -0.3 is 15.5 Å². The molecule has 0 bridgehead atoms. The fourth-order valence-electron chi connectivity index (χ4n) is 3.31. The van der Waals surface area contributed by atoms with Crippen LogP contribution in [0.5, 0.6) is 0 Å². The number of halogens is 1. The first-order chi connectivity index (χ1) is 13.9. The minimum atomic E-state index is -0.496. The molecule has 3 heterocycles. The van der Waals surface area contributed by atoms with E-state index in [-0.39, 0.29) is 5.82 Å². The van der Waals surface area contributed by atoms with Gasteiger partial charge in [0.1, 0.15) is 11.6 Å². The lowest BCUT2D eigenvalue weighted by molar-refractivity contribution is 0.100. The van der Waals surface area contributed by atoms with Gasteiger partial charge in [0.2, 0.25) is 5.95 Å². The van der Waals surface area contributed by atoms with Crippen molar-refractivity contribution in [3.8, 4) is 11.5 Å². The van der Waals surface area contributed by atoms with Crippen LogP contribution >= 0.6 is 0 Å². The lowest BCUT2D eigenvalue weighted by Gasteiger charge is -2.09. The highest BCUT2D eigenvalue weighted by Gasteiger charge is 2.17. The van der Waals surface area contributed by atoms with Crippen molar-refractivity contribution in [1.29, 1.82) is 0 Å². The van der Waals surface area contributed by atoms with E-state index in [4.69, 9.17) is 5.73 Å². The van der Waals surface area contributed by atoms with E-state index in [2.05, 4.69) is 20.3 Å². The van der Waals surface area contributed by atoms with Crippen LogP contribution in [0.15, 0.2) is 48.7 Å². The van der Waals surface area contributed by atoms with E-state index in [0.29, 0.717) is 35.2 Å². The zero-order valence-electron chi connectivity index (χ0n) is 16.0. The Morgan fingerprint density at radius 1 is 1.14 bits per heavy atom. The number of primary amides is 1. The second kappa shape index (κ2) is 7.31. The van der Waals surface area contributed by atoms with Gasteiger partial charge in [0.25, 0.3) is 5.91 Å². The maximum absolute atomic E-state index is 13.4. The van der Waals surface area contributed by atoms with Gasteiger partial charge in [0.05, 0.1) is 16.8 Å². The molecule has 7 nitrogen and oxygen atoms in total. The minimum Gasteiger partial charge on any atom is -0.366 e. The summed E-state index contributed by atoms with van der Waals surface area (Å²) in [5.74, 6) is 0.606. The summed E-state index contributed by atoms with van der Waals surface area (Å²) in [6.07, 6.45) is 1.84. The third kappa shape index (κ3) is 3.64. The van der Waals surface area contributed by atoms with Gasteiger partial charge >= 0.3 is 0 Å². The molecule has 0 aliphatic heterocycles. The van der Waals surface area contributed by atoms with Gasteiger partial charge in [0, 0.05) is 12.7 Å². The normalized spacial score (nSPS) is 11.0. The van der Waals surface area contributed by atoms with Crippen molar-refractivity contribution in [1.82, 2.24) is 19.4 Å². The summed E-state index contributed by atoms with van der Waals surface area (Å²) >= 11 is 0. The zero-order chi connectivity index (χ0) is 20.5. The van der Waals surface area contributed by atoms with Gasteiger partial charge in [-0.05, 0) is 55.3 Å². The van der Waals surface area contributed by atoms with E-state index >= 15 is 0 Å². The number of pyridine rings is 1. The predicted octanol–water partition coefficient (Wildman–Crippen LogP) is 3.26. The number of benzene rings is 1. The standard InChI is InChI=1S/C21H19FN6O/c1-12-9-17-16(19(23)29)7-4-8-28(17)18(12)20-25-13(2)26-21(27-20)24-11-14-5-3-6-15(22)10-14/h3-10H,11H2,1-2H3,(H2,23,29)(H,24,25,26,27). The third-order valence-corrected chi connectivity index (χ3v) is 4.57. The summed E-state index contributed by atoms with van der Waals surface area (Å²) in [7, 11) is 0. The molecule has 0 aliphatic rings. The van der Waals surface area contributed by atoms with Gasteiger partial charge in [-0.15, -0.1) is 0 Å². The van der Waals surface area contributed by atoms with Crippen LogP contribution in [-0.2, 0) is 6.54 Å². The number of hydrogen-bond acceptors (Lipinski definition) is 5. The van der Waals surface area contributed by atoms with E-state index in [9.17, 15) is 9.18 Å². The molecule has 0 saturated carbocycles.